The molecule has 120 valence electrons. The van der Waals surface area contributed by atoms with Crippen LogP contribution in [0.4, 0.5) is 5.82 Å². The van der Waals surface area contributed by atoms with Crippen molar-refractivity contribution in [3.63, 3.8) is 0 Å². The Morgan fingerprint density at radius 3 is 3.13 bits per heavy atom. The van der Waals surface area contributed by atoms with Gasteiger partial charge in [0.15, 0.2) is 0 Å². The minimum absolute atomic E-state index is 0.487. The highest BCUT2D eigenvalue weighted by Gasteiger charge is 2.35. The van der Waals surface area contributed by atoms with E-state index in [-0.39, 0.29) is 0 Å². The van der Waals surface area contributed by atoms with Crippen LogP contribution in [0.3, 0.4) is 0 Å². The topological polar surface area (TPSA) is 80.2 Å². The molecule has 1 aliphatic rings. The number of aromatic nitrogens is 4. The molecule has 0 radical (unpaired) electrons. The summed E-state index contributed by atoms with van der Waals surface area (Å²) in [6.45, 7) is 1.40. The molecular formula is C16H19N5O2. The zero-order chi connectivity index (χ0) is 15.9. The average Bonchev–Trinajstić information content (AvgIpc) is 3.16. The third kappa shape index (κ3) is 2.57. The Balaban J connectivity index is 1.61. The molecular weight excluding hydrogens is 294 g/mol. The summed E-state index contributed by atoms with van der Waals surface area (Å²) in [5.74, 6) is 1.66. The molecule has 1 atom stereocenters. The van der Waals surface area contributed by atoms with Crippen LogP contribution in [0.1, 0.15) is 18.7 Å². The fourth-order valence-corrected chi connectivity index (χ4v) is 3.33. The first kappa shape index (κ1) is 14.2. The van der Waals surface area contributed by atoms with Crippen LogP contribution < -0.4 is 4.90 Å². The normalized spacial score (nSPS) is 21.9. The Labute approximate surface area is 133 Å². The van der Waals surface area contributed by atoms with Gasteiger partial charge in [-0.25, -0.2) is 4.98 Å². The number of pyridine rings is 1. The number of hydrogen-bond donors (Lipinski definition) is 1. The molecule has 23 heavy (non-hydrogen) atoms. The molecule has 0 aromatic carbocycles. The lowest BCUT2D eigenvalue weighted by Crippen LogP contribution is -2.50. The number of furan rings is 1. The quantitative estimate of drug-likeness (QED) is 0.790. The van der Waals surface area contributed by atoms with E-state index in [1.165, 1.54) is 0 Å². The highest BCUT2D eigenvalue weighted by Crippen LogP contribution is 2.31. The summed E-state index contributed by atoms with van der Waals surface area (Å²) in [4.78, 5) is 6.64. The van der Waals surface area contributed by atoms with Crippen molar-refractivity contribution in [3.8, 4) is 0 Å². The largest absolute Gasteiger partial charge is 0.464 e. The van der Waals surface area contributed by atoms with E-state index >= 15 is 0 Å². The maximum atomic E-state index is 11.0. The maximum Gasteiger partial charge on any atom is 0.139 e. The van der Waals surface area contributed by atoms with Gasteiger partial charge >= 0.3 is 0 Å². The predicted molar refractivity (Wildman–Crippen MR) is 85.1 cm³/mol. The molecule has 3 aromatic rings. The predicted octanol–water partition coefficient (Wildman–Crippen LogP) is 1.53. The Hall–Kier alpha value is -2.41. The summed E-state index contributed by atoms with van der Waals surface area (Å²) in [7, 11) is 1.90. The molecule has 7 heteroatoms. The van der Waals surface area contributed by atoms with Gasteiger partial charge in [0.25, 0.3) is 0 Å². The van der Waals surface area contributed by atoms with Crippen LogP contribution in [0.15, 0.2) is 35.3 Å². The number of nitrogens with zero attached hydrogens (tertiary/aromatic N) is 5. The van der Waals surface area contributed by atoms with E-state index in [2.05, 4.69) is 20.1 Å². The second kappa shape index (κ2) is 5.34. The zero-order valence-electron chi connectivity index (χ0n) is 13.0. The minimum atomic E-state index is -0.827. The summed E-state index contributed by atoms with van der Waals surface area (Å²) in [6.07, 6.45) is 7.22. The smallest absolute Gasteiger partial charge is 0.139 e. The van der Waals surface area contributed by atoms with E-state index in [1.54, 1.807) is 18.8 Å². The Bertz CT molecular complexity index is 827. The molecule has 0 bridgehead atoms. The number of piperidine rings is 1. The first-order valence-corrected chi connectivity index (χ1v) is 7.77. The lowest BCUT2D eigenvalue weighted by Gasteiger charge is -2.39. The number of rotatable bonds is 3. The van der Waals surface area contributed by atoms with Crippen molar-refractivity contribution in [1.82, 2.24) is 19.7 Å². The van der Waals surface area contributed by atoms with Crippen molar-refractivity contribution in [2.24, 2.45) is 7.05 Å². The number of hydrogen-bond acceptors (Lipinski definition) is 6. The molecule has 1 aliphatic heterocycles. The molecule has 1 unspecified atom stereocenters. The molecule has 4 rings (SSSR count). The van der Waals surface area contributed by atoms with Crippen LogP contribution in [0.2, 0.25) is 0 Å². The van der Waals surface area contributed by atoms with E-state index in [9.17, 15) is 5.11 Å². The lowest BCUT2D eigenvalue weighted by atomic mass is 9.89. The van der Waals surface area contributed by atoms with Gasteiger partial charge in [0.2, 0.25) is 0 Å². The van der Waals surface area contributed by atoms with Gasteiger partial charge < -0.3 is 19.0 Å². The monoisotopic (exact) mass is 313 g/mol. The summed E-state index contributed by atoms with van der Waals surface area (Å²) in [5, 5.41) is 20.0. The highest BCUT2D eigenvalue weighted by atomic mass is 16.3. The van der Waals surface area contributed by atoms with Crippen LogP contribution in [-0.2, 0) is 13.5 Å². The van der Waals surface area contributed by atoms with Crippen molar-refractivity contribution < 1.29 is 9.52 Å². The number of aliphatic hydroxyl groups is 1. The standard InChI is InChI=1S/C16H19N5O2/c1-20-11-18-19-14(20)9-16(22)5-2-7-21(10-16)15-12-4-8-23-13(12)3-6-17-15/h3-4,6,8,11,22H,2,5,7,9-10H2,1H3. The van der Waals surface area contributed by atoms with Gasteiger partial charge in [-0.05, 0) is 25.0 Å². The minimum Gasteiger partial charge on any atom is -0.464 e. The van der Waals surface area contributed by atoms with Gasteiger partial charge in [0.05, 0.1) is 17.3 Å². The summed E-state index contributed by atoms with van der Waals surface area (Å²) >= 11 is 0. The Kier molecular flexibility index (Phi) is 3.30. The SMILES string of the molecule is Cn1cnnc1CC1(O)CCCN(c2nccc3occc23)C1. The summed E-state index contributed by atoms with van der Waals surface area (Å²) in [6, 6.07) is 3.78. The molecule has 0 spiro atoms. The number of fused-ring (bicyclic) bond motifs is 1. The second-order valence-electron chi connectivity index (χ2n) is 6.25. The second-order valence-corrected chi connectivity index (χ2v) is 6.25. The van der Waals surface area contributed by atoms with Gasteiger partial charge in [-0.3, -0.25) is 0 Å². The van der Waals surface area contributed by atoms with Gasteiger partial charge in [-0.15, -0.1) is 10.2 Å². The molecule has 0 amide bonds. The van der Waals surface area contributed by atoms with Gasteiger partial charge in [0, 0.05) is 32.8 Å². The number of anilines is 1. The van der Waals surface area contributed by atoms with E-state index in [0.29, 0.717) is 13.0 Å². The van der Waals surface area contributed by atoms with Gasteiger partial charge in [-0.1, -0.05) is 0 Å². The van der Waals surface area contributed by atoms with Crippen LogP contribution in [0.5, 0.6) is 0 Å². The van der Waals surface area contributed by atoms with E-state index in [4.69, 9.17) is 4.42 Å². The van der Waals surface area contributed by atoms with Crippen molar-refractivity contribution in [2.45, 2.75) is 24.9 Å². The van der Waals surface area contributed by atoms with Crippen LogP contribution >= 0.6 is 0 Å². The molecule has 0 saturated carbocycles. The highest BCUT2D eigenvalue weighted by molar-refractivity contribution is 5.88. The zero-order valence-corrected chi connectivity index (χ0v) is 13.0. The average molecular weight is 313 g/mol. The summed E-state index contributed by atoms with van der Waals surface area (Å²) < 4.78 is 7.30. The van der Waals surface area contributed by atoms with Gasteiger partial charge in [0.1, 0.15) is 23.6 Å². The molecule has 1 fully saturated rings. The van der Waals surface area contributed by atoms with Crippen molar-refractivity contribution in [1.29, 1.82) is 0 Å². The van der Waals surface area contributed by atoms with Crippen LogP contribution in [-0.4, -0.2) is 43.5 Å². The van der Waals surface area contributed by atoms with Gasteiger partial charge in [-0.2, -0.15) is 0 Å². The molecule has 7 nitrogen and oxygen atoms in total. The first-order valence-electron chi connectivity index (χ1n) is 7.77. The number of aryl methyl sites for hydroxylation is 1. The molecule has 1 N–H and O–H groups in total. The lowest BCUT2D eigenvalue weighted by molar-refractivity contribution is 0.0237. The van der Waals surface area contributed by atoms with Crippen molar-refractivity contribution >= 4 is 16.8 Å². The van der Waals surface area contributed by atoms with Crippen LogP contribution in [0, 0.1) is 0 Å². The van der Waals surface area contributed by atoms with E-state index in [0.717, 1.165) is 42.0 Å². The molecule has 0 aliphatic carbocycles. The van der Waals surface area contributed by atoms with Crippen molar-refractivity contribution in [3.05, 3.63) is 36.7 Å². The molecule has 3 aromatic heterocycles. The molecule has 4 heterocycles. The molecule has 1 saturated heterocycles. The Morgan fingerprint density at radius 1 is 1.39 bits per heavy atom. The maximum absolute atomic E-state index is 11.0. The fraction of sp³-hybridized carbons (Fsp3) is 0.438. The first-order chi connectivity index (χ1) is 11.1. The van der Waals surface area contributed by atoms with E-state index in [1.807, 2.05) is 23.7 Å². The van der Waals surface area contributed by atoms with Crippen LogP contribution in [0.25, 0.3) is 11.0 Å². The third-order valence-corrected chi connectivity index (χ3v) is 4.51. The number of β-amino-alcohol motifs (C(OH)–C–C–N with tert-alkyl or cyclic N) is 1. The fourth-order valence-electron chi connectivity index (χ4n) is 3.33. The van der Waals surface area contributed by atoms with Crippen molar-refractivity contribution in [2.75, 3.05) is 18.0 Å². The third-order valence-electron chi connectivity index (χ3n) is 4.51. The van der Waals surface area contributed by atoms with E-state index < -0.39 is 5.60 Å². The summed E-state index contributed by atoms with van der Waals surface area (Å²) in [5.41, 5.74) is -0.00971. The Morgan fingerprint density at radius 2 is 2.30 bits per heavy atom.